The number of aliphatic hydroxyl groups excluding tert-OH is 1. The number of benzene rings is 1. The van der Waals surface area contributed by atoms with E-state index in [1.165, 1.54) is 24.8 Å². The van der Waals surface area contributed by atoms with Crippen LogP contribution in [-0.4, -0.2) is 28.6 Å². The Bertz CT molecular complexity index is 422. The van der Waals surface area contributed by atoms with Gasteiger partial charge in [0.2, 0.25) is 0 Å². The van der Waals surface area contributed by atoms with Gasteiger partial charge in [0, 0.05) is 12.1 Å². The smallest absolute Gasteiger partial charge is 0.0942 e. The van der Waals surface area contributed by atoms with Gasteiger partial charge >= 0.3 is 0 Å². The van der Waals surface area contributed by atoms with E-state index < -0.39 is 0 Å². The standard InChI is InChI=1S/C19H31NO/c1-5-16-6-8-17(9-7-16)19(21)15(4)20(18-10-11-18)13-12-14(2)3/h6-9,14-15,18-19,21H,5,10-13H2,1-4H3. The van der Waals surface area contributed by atoms with Crippen LogP contribution in [0.25, 0.3) is 0 Å². The van der Waals surface area contributed by atoms with Gasteiger partial charge in [0.25, 0.3) is 0 Å². The van der Waals surface area contributed by atoms with E-state index in [2.05, 4.69) is 56.9 Å². The zero-order valence-electron chi connectivity index (χ0n) is 14.0. The molecular formula is C19H31NO. The molecule has 118 valence electrons. The van der Waals surface area contributed by atoms with Gasteiger partial charge in [-0.1, -0.05) is 45.0 Å². The number of nitrogens with zero attached hydrogens (tertiary/aromatic N) is 1. The third kappa shape index (κ3) is 4.55. The summed E-state index contributed by atoms with van der Waals surface area (Å²) in [6.45, 7) is 9.99. The first kappa shape index (κ1) is 16.5. The molecule has 1 aliphatic rings. The van der Waals surface area contributed by atoms with Gasteiger partial charge in [0.15, 0.2) is 0 Å². The summed E-state index contributed by atoms with van der Waals surface area (Å²) in [6, 6.07) is 9.36. The van der Waals surface area contributed by atoms with Crippen LogP contribution in [0.2, 0.25) is 0 Å². The van der Waals surface area contributed by atoms with Gasteiger partial charge in [0.1, 0.15) is 0 Å². The van der Waals surface area contributed by atoms with Crippen LogP contribution in [0.1, 0.15) is 64.2 Å². The Kier molecular flexibility index (Phi) is 5.83. The van der Waals surface area contributed by atoms with E-state index in [1.54, 1.807) is 0 Å². The summed E-state index contributed by atoms with van der Waals surface area (Å²) in [4.78, 5) is 2.53. The Labute approximate surface area is 130 Å². The molecule has 1 N–H and O–H groups in total. The van der Waals surface area contributed by atoms with Crippen LogP contribution in [-0.2, 0) is 6.42 Å². The fourth-order valence-electron chi connectivity index (χ4n) is 2.94. The minimum atomic E-state index is -0.385. The molecule has 0 radical (unpaired) electrons. The molecular weight excluding hydrogens is 258 g/mol. The average molecular weight is 289 g/mol. The number of aryl methyl sites for hydroxylation is 1. The molecule has 2 nitrogen and oxygen atoms in total. The quantitative estimate of drug-likeness (QED) is 0.776. The van der Waals surface area contributed by atoms with Gasteiger partial charge in [-0.05, 0) is 56.2 Å². The van der Waals surface area contributed by atoms with Gasteiger partial charge in [-0.25, -0.2) is 0 Å². The minimum Gasteiger partial charge on any atom is -0.387 e. The van der Waals surface area contributed by atoms with Gasteiger partial charge in [0.05, 0.1) is 6.10 Å². The molecule has 0 amide bonds. The normalized spacial score (nSPS) is 18.2. The first-order valence-corrected chi connectivity index (χ1v) is 8.55. The lowest BCUT2D eigenvalue weighted by Gasteiger charge is -2.33. The molecule has 0 heterocycles. The van der Waals surface area contributed by atoms with E-state index in [-0.39, 0.29) is 12.1 Å². The molecule has 1 fully saturated rings. The van der Waals surface area contributed by atoms with E-state index in [9.17, 15) is 5.11 Å². The summed E-state index contributed by atoms with van der Waals surface area (Å²) in [7, 11) is 0. The molecule has 1 aromatic rings. The zero-order valence-corrected chi connectivity index (χ0v) is 14.0. The monoisotopic (exact) mass is 289 g/mol. The summed E-state index contributed by atoms with van der Waals surface area (Å²) < 4.78 is 0. The highest BCUT2D eigenvalue weighted by molar-refractivity contribution is 5.25. The maximum Gasteiger partial charge on any atom is 0.0942 e. The summed E-state index contributed by atoms with van der Waals surface area (Å²) in [6.07, 6.45) is 4.47. The van der Waals surface area contributed by atoms with Gasteiger partial charge in [-0.2, -0.15) is 0 Å². The van der Waals surface area contributed by atoms with Gasteiger partial charge in [-0.3, -0.25) is 4.90 Å². The Balaban J connectivity index is 2.02. The zero-order chi connectivity index (χ0) is 15.4. The molecule has 2 rings (SSSR count). The summed E-state index contributed by atoms with van der Waals surface area (Å²) in [5.74, 6) is 0.722. The van der Waals surface area contributed by atoms with E-state index in [0.717, 1.165) is 24.4 Å². The third-order valence-electron chi connectivity index (χ3n) is 4.69. The molecule has 0 aliphatic heterocycles. The van der Waals surface area contributed by atoms with E-state index in [4.69, 9.17) is 0 Å². The first-order chi connectivity index (χ1) is 10.0. The van der Waals surface area contributed by atoms with E-state index >= 15 is 0 Å². The maximum atomic E-state index is 10.7. The van der Waals surface area contributed by atoms with Crippen molar-refractivity contribution in [2.45, 2.75) is 71.6 Å². The highest BCUT2D eigenvalue weighted by Crippen LogP contribution is 2.33. The van der Waals surface area contributed by atoms with Crippen LogP contribution in [0.3, 0.4) is 0 Å². The van der Waals surface area contributed by atoms with Gasteiger partial charge in [-0.15, -0.1) is 0 Å². The van der Waals surface area contributed by atoms with Crippen molar-refractivity contribution < 1.29 is 5.11 Å². The average Bonchev–Trinajstić information content (AvgIpc) is 3.31. The van der Waals surface area contributed by atoms with Crippen LogP contribution in [0.4, 0.5) is 0 Å². The number of aliphatic hydroxyl groups is 1. The molecule has 0 bridgehead atoms. The Morgan fingerprint density at radius 1 is 1.14 bits per heavy atom. The highest BCUT2D eigenvalue weighted by Gasteiger charge is 2.34. The highest BCUT2D eigenvalue weighted by atomic mass is 16.3. The van der Waals surface area contributed by atoms with Crippen molar-refractivity contribution in [3.8, 4) is 0 Å². The van der Waals surface area contributed by atoms with Crippen LogP contribution >= 0.6 is 0 Å². The molecule has 2 heteroatoms. The summed E-state index contributed by atoms with van der Waals surface area (Å²) in [5, 5.41) is 10.7. The van der Waals surface area contributed by atoms with E-state index in [1.807, 2.05) is 0 Å². The molecule has 21 heavy (non-hydrogen) atoms. The molecule has 2 atom stereocenters. The molecule has 0 saturated heterocycles. The van der Waals surface area contributed by atoms with Crippen LogP contribution in [0.5, 0.6) is 0 Å². The van der Waals surface area contributed by atoms with Crippen molar-refractivity contribution >= 4 is 0 Å². The van der Waals surface area contributed by atoms with Crippen molar-refractivity contribution in [1.29, 1.82) is 0 Å². The predicted molar refractivity (Wildman–Crippen MR) is 89.4 cm³/mol. The minimum absolute atomic E-state index is 0.198. The third-order valence-corrected chi connectivity index (χ3v) is 4.69. The fraction of sp³-hybridized carbons (Fsp3) is 0.684. The second kappa shape index (κ2) is 7.42. The lowest BCUT2D eigenvalue weighted by molar-refractivity contribution is 0.0502. The topological polar surface area (TPSA) is 23.5 Å². The molecule has 0 aromatic heterocycles. The maximum absolute atomic E-state index is 10.7. The number of hydrogen-bond acceptors (Lipinski definition) is 2. The predicted octanol–water partition coefficient (Wildman–Crippen LogP) is 4.18. The number of rotatable bonds is 8. The van der Waals surface area contributed by atoms with Crippen molar-refractivity contribution in [1.82, 2.24) is 4.90 Å². The van der Waals surface area contributed by atoms with Crippen molar-refractivity contribution in [3.05, 3.63) is 35.4 Å². The Morgan fingerprint density at radius 3 is 2.24 bits per heavy atom. The molecule has 1 aromatic carbocycles. The lowest BCUT2D eigenvalue weighted by atomic mass is 9.99. The second-order valence-electron chi connectivity index (χ2n) is 6.93. The van der Waals surface area contributed by atoms with Crippen LogP contribution in [0.15, 0.2) is 24.3 Å². The molecule has 1 aliphatic carbocycles. The largest absolute Gasteiger partial charge is 0.387 e. The fourth-order valence-corrected chi connectivity index (χ4v) is 2.94. The Hall–Kier alpha value is -0.860. The molecule has 2 unspecified atom stereocenters. The van der Waals surface area contributed by atoms with E-state index in [0.29, 0.717) is 6.04 Å². The van der Waals surface area contributed by atoms with Crippen molar-refractivity contribution in [2.24, 2.45) is 5.92 Å². The Morgan fingerprint density at radius 2 is 1.76 bits per heavy atom. The first-order valence-electron chi connectivity index (χ1n) is 8.55. The summed E-state index contributed by atoms with van der Waals surface area (Å²) in [5.41, 5.74) is 2.38. The van der Waals surface area contributed by atoms with Crippen LogP contribution in [0, 0.1) is 5.92 Å². The number of hydrogen-bond donors (Lipinski definition) is 1. The molecule has 1 saturated carbocycles. The molecule has 0 spiro atoms. The van der Waals surface area contributed by atoms with Crippen molar-refractivity contribution in [2.75, 3.05) is 6.54 Å². The SMILES string of the molecule is CCc1ccc(C(O)C(C)N(CCC(C)C)C2CC2)cc1. The van der Waals surface area contributed by atoms with Crippen molar-refractivity contribution in [3.63, 3.8) is 0 Å². The van der Waals surface area contributed by atoms with Gasteiger partial charge < -0.3 is 5.11 Å². The lowest BCUT2D eigenvalue weighted by Crippen LogP contribution is -2.40. The summed E-state index contributed by atoms with van der Waals surface area (Å²) >= 11 is 0. The second-order valence-corrected chi connectivity index (χ2v) is 6.93. The van der Waals surface area contributed by atoms with Crippen LogP contribution < -0.4 is 0 Å².